The third-order valence-corrected chi connectivity index (χ3v) is 6.76. The number of hydrogen-bond donors (Lipinski definition) is 0. The van der Waals surface area contributed by atoms with Crippen LogP contribution in [0, 0.1) is 12.8 Å². The number of rotatable bonds is 9. The van der Waals surface area contributed by atoms with Crippen molar-refractivity contribution in [2.45, 2.75) is 51.3 Å². The highest BCUT2D eigenvalue weighted by molar-refractivity contribution is 7.98. The lowest BCUT2D eigenvalue weighted by atomic mass is 10.1. The van der Waals surface area contributed by atoms with Crippen molar-refractivity contribution in [1.29, 1.82) is 0 Å². The van der Waals surface area contributed by atoms with Crippen molar-refractivity contribution in [1.82, 2.24) is 24.1 Å². The largest absolute Gasteiger partial charge is 0.486 e. The van der Waals surface area contributed by atoms with E-state index in [0.717, 1.165) is 46.0 Å². The van der Waals surface area contributed by atoms with Gasteiger partial charge in [-0.1, -0.05) is 43.8 Å². The zero-order valence-electron chi connectivity index (χ0n) is 17.8. The third-order valence-electron chi connectivity index (χ3n) is 4.81. The van der Waals surface area contributed by atoms with Crippen molar-refractivity contribution in [3.05, 3.63) is 69.3 Å². The molecule has 0 spiro atoms. The van der Waals surface area contributed by atoms with Crippen LogP contribution in [0.25, 0.3) is 4.96 Å². The molecule has 0 aliphatic rings. The van der Waals surface area contributed by atoms with E-state index in [9.17, 15) is 4.79 Å². The molecule has 0 aliphatic heterocycles. The van der Waals surface area contributed by atoms with Crippen LogP contribution in [0.1, 0.15) is 37.5 Å². The van der Waals surface area contributed by atoms with Crippen LogP contribution in [0.4, 0.5) is 0 Å². The van der Waals surface area contributed by atoms with Crippen molar-refractivity contribution in [3.8, 4) is 5.75 Å². The smallest absolute Gasteiger partial charge is 0.258 e. The Bertz CT molecular complexity index is 1210. The second-order valence-electron chi connectivity index (χ2n) is 7.70. The molecule has 0 fully saturated rings. The highest BCUT2D eigenvalue weighted by atomic mass is 32.2. The van der Waals surface area contributed by atoms with Crippen molar-refractivity contribution in [3.63, 3.8) is 0 Å². The molecule has 0 saturated carbocycles. The van der Waals surface area contributed by atoms with Gasteiger partial charge in [0.15, 0.2) is 15.9 Å². The van der Waals surface area contributed by atoms with E-state index in [2.05, 4.69) is 33.6 Å². The third kappa shape index (κ3) is 5.16. The lowest BCUT2D eigenvalue weighted by Crippen LogP contribution is -2.15. The zero-order chi connectivity index (χ0) is 21.8. The van der Waals surface area contributed by atoms with Gasteiger partial charge >= 0.3 is 0 Å². The van der Waals surface area contributed by atoms with Crippen LogP contribution in [0.15, 0.2) is 51.7 Å². The molecule has 162 valence electrons. The van der Waals surface area contributed by atoms with Crippen molar-refractivity contribution >= 4 is 28.1 Å². The van der Waals surface area contributed by atoms with Crippen LogP contribution < -0.4 is 10.3 Å². The molecule has 0 bridgehead atoms. The molecule has 0 N–H and O–H groups in total. The first-order chi connectivity index (χ1) is 15.0. The summed E-state index contributed by atoms with van der Waals surface area (Å²) in [4.78, 5) is 17.8. The molecule has 3 heterocycles. The Morgan fingerprint density at radius 1 is 1.19 bits per heavy atom. The molecule has 3 aromatic heterocycles. The average molecular weight is 456 g/mol. The van der Waals surface area contributed by atoms with E-state index in [-0.39, 0.29) is 5.56 Å². The van der Waals surface area contributed by atoms with Crippen molar-refractivity contribution in [2.75, 3.05) is 0 Å². The molecular formula is C22H25N5O2S2. The first-order valence-corrected chi connectivity index (χ1v) is 12.1. The lowest BCUT2D eigenvalue weighted by molar-refractivity contribution is 0.285. The average Bonchev–Trinajstić information content (AvgIpc) is 3.33. The Balaban J connectivity index is 1.51. The van der Waals surface area contributed by atoms with Gasteiger partial charge in [0.25, 0.3) is 5.56 Å². The molecule has 4 aromatic rings. The monoisotopic (exact) mass is 455 g/mol. The second-order valence-corrected chi connectivity index (χ2v) is 9.48. The minimum Gasteiger partial charge on any atom is -0.486 e. The van der Waals surface area contributed by atoms with Crippen LogP contribution in [0.2, 0.25) is 0 Å². The summed E-state index contributed by atoms with van der Waals surface area (Å²) in [6, 6.07) is 11.3. The van der Waals surface area contributed by atoms with Gasteiger partial charge in [0.05, 0.1) is 5.69 Å². The van der Waals surface area contributed by atoms with Crippen LogP contribution in [-0.4, -0.2) is 24.1 Å². The number of para-hydroxylation sites is 1. The lowest BCUT2D eigenvalue weighted by Gasteiger charge is -2.12. The molecule has 1 aromatic carbocycles. The summed E-state index contributed by atoms with van der Waals surface area (Å²) in [5, 5.41) is 11.5. The minimum absolute atomic E-state index is 0.0439. The number of benzene rings is 1. The van der Waals surface area contributed by atoms with Crippen LogP contribution >= 0.6 is 23.1 Å². The van der Waals surface area contributed by atoms with E-state index in [1.165, 1.54) is 11.3 Å². The van der Waals surface area contributed by atoms with E-state index in [0.29, 0.717) is 18.3 Å². The summed E-state index contributed by atoms with van der Waals surface area (Å²) in [5.41, 5.74) is 1.61. The molecule has 7 nitrogen and oxygen atoms in total. The van der Waals surface area contributed by atoms with Crippen molar-refractivity contribution < 1.29 is 4.74 Å². The second kappa shape index (κ2) is 9.65. The van der Waals surface area contributed by atoms with Gasteiger partial charge in [0.2, 0.25) is 0 Å². The molecule has 0 saturated heterocycles. The molecule has 0 amide bonds. The number of thioether (sulfide) groups is 1. The molecule has 0 unspecified atom stereocenters. The molecule has 0 radical (unpaired) electrons. The number of hydrogen-bond acceptors (Lipinski definition) is 7. The van der Waals surface area contributed by atoms with Gasteiger partial charge in [0.1, 0.15) is 12.4 Å². The molecule has 4 rings (SSSR count). The van der Waals surface area contributed by atoms with E-state index in [4.69, 9.17) is 4.74 Å². The molecule has 0 aliphatic carbocycles. The predicted octanol–water partition coefficient (Wildman–Crippen LogP) is 4.57. The van der Waals surface area contributed by atoms with Gasteiger partial charge in [-0.05, 0) is 31.4 Å². The number of thiazole rings is 1. The Morgan fingerprint density at radius 2 is 2.00 bits per heavy atom. The molecule has 31 heavy (non-hydrogen) atoms. The SMILES string of the molecule is Cc1csc2nc(CSc3nnc(COc4ccccc4)n3CCC(C)C)cc(=O)n12. The van der Waals surface area contributed by atoms with Gasteiger partial charge in [-0.25, -0.2) is 4.98 Å². The van der Waals surface area contributed by atoms with Gasteiger partial charge < -0.3 is 9.30 Å². The fourth-order valence-corrected chi connectivity index (χ4v) is 4.89. The van der Waals surface area contributed by atoms with Crippen LogP contribution in [0.5, 0.6) is 5.75 Å². The summed E-state index contributed by atoms with van der Waals surface area (Å²) in [6.07, 6.45) is 1.02. The highest BCUT2D eigenvalue weighted by Crippen LogP contribution is 2.23. The zero-order valence-corrected chi connectivity index (χ0v) is 19.4. The number of aromatic nitrogens is 5. The molecule has 9 heteroatoms. The number of ether oxygens (including phenoxy) is 1. The van der Waals surface area contributed by atoms with E-state index in [1.54, 1.807) is 22.2 Å². The maximum Gasteiger partial charge on any atom is 0.258 e. The summed E-state index contributed by atoms with van der Waals surface area (Å²) in [5.74, 6) is 2.72. The van der Waals surface area contributed by atoms with Gasteiger partial charge in [-0.15, -0.1) is 21.5 Å². The van der Waals surface area contributed by atoms with Crippen LogP contribution in [-0.2, 0) is 18.9 Å². The standard InChI is InChI=1S/C22H25N5O2S2/c1-15(2)9-10-26-19(12-29-18-7-5-4-6-8-18)24-25-22(26)31-14-17-11-20(28)27-16(3)13-30-21(27)23-17/h4-8,11,13,15H,9-10,12,14H2,1-3H3. The molecule has 0 atom stereocenters. The van der Waals surface area contributed by atoms with Crippen LogP contribution in [0.3, 0.4) is 0 Å². The summed E-state index contributed by atoms with van der Waals surface area (Å²) >= 11 is 3.03. The van der Waals surface area contributed by atoms with Gasteiger partial charge in [-0.2, -0.15) is 0 Å². The van der Waals surface area contributed by atoms with Gasteiger partial charge in [-0.3, -0.25) is 9.20 Å². The fourth-order valence-electron chi connectivity index (χ4n) is 3.12. The Kier molecular flexibility index (Phi) is 6.72. The van der Waals surface area contributed by atoms with E-state index in [1.807, 2.05) is 42.6 Å². The van der Waals surface area contributed by atoms with E-state index < -0.39 is 0 Å². The maximum absolute atomic E-state index is 12.4. The fraction of sp³-hybridized carbons (Fsp3) is 0.364. The van der Waals surface area contributed by atoms with E-state index >= 15 is 0 Å². The molecular weight excluding hydrogens is 430 g/mol. The minimum atomic E-state index is -0.0439. The predicted molar refractivity (Wildman–Crippen MR) is 124 cm³/mol. The quantitative estimate of drug-likeness (QED) is 0.344. The Hall–Kier alpha value is -2.65. The first kappa shape index (κ1) is 21.6. The van der Waals surface area contributed by atoms with Gasteiger partial charge in [0, 0.05) is 29.4 Å². The summed E-state index contributed by atoms with van der Waals surface area (Å²) in [7, 11) is 0. The summed E-state index contributed by atoms with van der Waals surface area (Å²) in [6.45, 7) is 7.49. The maximum atomic E-state index is 12.4. The Morgan fingerprint density at radius 3 is 2.77 bits per heavy atom. The normalized spacial score (nSPS) is 11.5. The first-order valence-electron chi connectivity index (χ1n) is 10.2. The van der Waals surface area contributed by atoms with Crippen molar-refractivity contribution in [2.24, 2.45) is 5.92 Å². The Labute approximate surface area is 189 Å². The number of nitrogens with zero attached hydrogens (tertiary/aromatic N) is 5. The number of fused-ring (bicyclic) bond motifs is 1. The topological polar surface area (TPSA) is 74.3 Å². The number of aryl methyl sites for hydroxylation is 1. The highest BCUT2D eigenvalue weighted by Gasteiger charge is 2.15. The summed E-state index contributed by atoms with van der Waals surface area (Å²) < 4.78 is 9.66.